The van der Waals surface area contributed by atoms with Crippen molar-refractivity contribution >= 4 is 27.3 Å². The highest BCUT2D eigenvalue weighted by Gasteiger charge is 2.39. The lowest BCUT2D eigenvalue weighted by Gasteiger charge is -2.41. The first kappa shape index (κ1) is 16.2. The van der Waals surface area contributed by atoms with E-state index >= 15 is 0 Å². The number of nitro benzene ring substituents is 1. The van der Waals surface area contributed by atoms with Gasteiger partial charge in [-0.25, -0.2) is 8.42 Å². The Kier molecular flexibility index (Phi) is 4.25. The summed E-state index contributed by atoms with van der Waals surface area (Å²) in [5.41, 5.74) is -1.02. The molecule has 1 heterocycles. The molecule has 2 rings (SSSR count). The summed E-state index contributed by atoms with van der Waals surface area (Å²) in [5, 5.41) is 14.0. The highest BCUT2D eigenvalue weighted by atomic mass is 35.5. The molecule has 1 aromatic carbocycles. The molecule has 0 bridgehead atoms. The lowest BCUT2D eigenvalue weighted by atomic mass is 10.0. The highest BCUT2D eigenvalue weighted by Crippen LogP contribution is 2.31. The van der Waals surface area contributed by atoms with Crippen LogP contribution in [0.2, 0.25) is 5.02 Å². The number of benzene rings is 1. The van der Waals surface area contributed by atoms with Gasteiger partial charge in [0, 0.05) is 31.2 Å². The SMILES string of the molecule is CC1(C)CNCCN1S(=O)(=O)c1ccc(Cl)c([N+](=O)[O-])c1. The van der Waals surface area contributed by atoms with Crippen LogP contribution in [0, 0.1) is 10.1 Å². The van der Waals surface area contributed by atoms with Gasteiger partial charge in [-0.15, -0.1) is 0 Å². The predicted molar refractivity (Wildman–Crippen MR) is 78.9 cm³/mol. The number of piperazine rings is 1. The van der Waals surface area contributed by atoms with Gasteiger partial charge in [-0.1, -0.05) is 11.6 Å². The molecule has 1 N–H and O–H groups in total. The lowest BCUT2D eigenvalue weighted by Crippen LogP contribution is -2.59. The average Bonchev–Trinajstić information content (AvgIpc) is 2.37. The molecular formula is C12H16ClN3O4S. The van der Waals surface area contributed by atoms with Crippen LogP contribution >= 0.6 is 11.6 Å². The number of halogens is 1. The number of nitrogens with zero attached hydrogens (tertiary/aromatic N) is 2. The maximum atomic E-state index is 12.7. The van der Waals surface area contributed by atoms with Crippen LogP contribution in [-0.4, -0.2) is 42.8 Å². The molecule has 0 aliphatic carbocycles. The number of nitrogens with one attached hydrogen (secondary N) is 1. The first-order valence-corrected chi connectivity index (χ1v) is 8.15. The summed E-state index contributed by atoms with van der Waals surface area (Å²) in [6.07, 6.45) is 0. The van der Waals surface area contributed by atoms with Crippen molar-refractivity contribution in [2.45, 2.75) is 24.3 Å². The van der Waals surface area contributed by atoms with Crippen molar-refractivity contribution in [1.29, 1.82) is 0 Å². The number of sulfonamides is 1. The molecule has 1 aliphatic heterocycles. The Labute approximate surface area is 128 Å². The fraction of sp³-hybridized carbons (Fsp3) is 0.500. The molecule has 116 valence electrons. The Morgan fingerprint density at radius 1 is 1.43 bits per heavy atom. The smallest absolute Gasteiger partial charge is 0.289 e. The zero-order valence-electron chi connectivity index (χ0n) is 11.7. The summed E-state index contributed by atoms with van der Waals surface area (Å²) in [5.74, 6) is 0. The van der Waals surface area contributed by atoms with Gasteiger partial charge in [0.15, 0.2) is 0 Å². The second kappa shape index (κ2) is 5.53. The van der Waals surface area contributed by atoms with Crippen LogP contribution in [0.15, 0.2) is 23.1 Å². The molecule has 1 aromatic rings. The zero-order valence-corrected chi connectivity index (χ0v) is 13.2. The van der Waals surface area contributed by atoms with E-state index in [4.69, 9.17) is 11.6 Å². The Hall–Kier alpha value is -1.22. The molecule has 0 atom stereocenters. The van der Waals surface area contributed by atoms with Crippen LogP contribution in [0.25, 0.3) is 0 Å². The Morgan fingerprint density at radius 3 is 2.67 bits per heavy atom. The van der Waals surface area contributed by atoms with Crippen LogP contribution in [-0.2, 0) is 10.0 Å². The Morgan fingerprint density at radius 2 is 2.10 bits per heavy atom. The molecule has 21 heavy (non-hydrogen) atoms. The molecule has 0 spiro atoms. The van der Waals surface area contributed by atoms with Gasteiger partial charge in [0.1, 0.15) is 5.02 Å². The van der Waals surface area contributed by atoms with Gasteiger partial charge in [-0.2, -0.15) is 4.31 Å². The van der Waals surface area contributed by atoms with E-state index in [-0.39, 0.29) is 9.92 Å². The Balaban J connectivity index is 2.49. The van der Waals surface area contributed by atoms with Crippen LogP contribution in [0.3, 0.4) is 0 Å². The maximum Gasteiger partial charge on any atom is 0.289 e. The van der Waals surface area contributed by atoms with E-state index in [9.17, 15) is 18.5 Å². The fourth-order valence-electron chi connectivity index (χ4n) is 2.33. The second-order valence-corrected chi connectivity index (χ2v) is 7.71. The zero-order chi connectivity index (χ0) is 15.8. The first-order valence-electron chi connectivity index (χ1n) is 6.34. The van der Waals surface area contributed by atoms with E-state index in [0.29, 0.717) is 19.6 Å². The topological polar surface area (TPSA) is 92.6 Å². The van der Waals surface area contributed by atoms with Gasteiger partial charge in [-0.05, 0) is 26.0 Å². The third-order valence-electron chi connectivity index (χ3n) is 3.43. The summed E-state index contributed by atoms with van der Waals surface area (Å²) < 4.78 is 26.8. The quantitative estimate of drug-likeness (QED) is 0.670. The molecular weight excluding hydrogens is 318 g/mol. The van der Waals surface area contributed by atoms with Gasteiger partial charge < -0.3 is 5.32 Å². The van der Waals surface area contributed by atoms with Crippen molar-refractivity contribution < 1.29 is 13.3 Å². The molecule has 9 heteroatoms. The maximum absolute atomic E-state index is 12.7. The number of hydrogen-bond donors (Lipinski definition) is 1. The average molecular weight is 334 g/mol. The van der Waals surface area contributed by atoms with E-state index in [2.05, 4.69) is 5.32 Å². The van der Waals surface area contributed by atoms with Gasteiger partial charge >= 0.3 is 0 Å². The molecule has 1 aliphatic rings. The summed E-state index contributed by atoms with van der Waals surface area (Å²) in [4.78, 5) is 10.1. The van der Waals surface area contributed by atoms with E-state index < -0.39 is 26.2 Å². The van der Waals surface area contributed by atoms with Crippen molar-refractivity contribution in [2.75, 3.05) is 19.6 Å². The van der Waals surface area contributed by atoms with Crippen LogP contribution < -0.4 is 5.32 Å². The van der Waals surface area contributed by atoms with E-state index in [1.807, 2.05) is 0 Å². The van der Waals surface area contributed by atoms with Crippen molar-refractivity contribution in [1.82, 2.24) is 9.62 Å². The van der Waals surface area contributed by atoms with Crippen LogP contribution in [0.5, 0.6) is 0 Å². The molecule has 0 saturated carbocycles. The molecule has 1 fully saturated rings. The first-order chi connectivity index (χ1) is 9.66. The third kappa shape index (κ3) is 3.03. The minimum atomic E-state index is -3.81. The molecule has 7 nitrogen and oxygen atoms in total. The number of hydrogen-bond acceptors (Lipinski definition) is 5. The lowest BCUT2D eigenvalue weighted by molar-refractivity contribution is -0.384. The standard InChI is InChI=1S/C12H16ClN3O4S/c1-12(2)8-14-5-6-15(12)21(19,20)9-3-4-10(13)11(7-9)16(17)18/h3-4,7,14H,5-6,8H2,1-2H3. The molecule has 0 amide bonds. The largest absolute Gasteiger partial charge is 0.314 e. The second-order valence-electron chi connectivity index (χ2n) is 5.44. The minimum absolute atomic E-state index is 0.0847. The van der Waals surface area contributed by atoms with E-state index in [0.717, 1.165) is 6.07 Å². The number of rotatable bonds is 3. The summed E-state index contributed by atoms with van der Waals surface area (Å²) in [6, 6.07) is 3.54. The van der Waals surface area contributed by atoms with Crippen molar-refractivity contribution in [3.63, 3.8) is 0 Å². The normalized spacial score (nSPS) is 19.4. The number of nitro groups is 1. The molecule has 0 radical (unpaired) electrons. The predicted octanol–water partition coefficient (Wildman–Crippen LogP) is 1.62. The highest BCUT2D eigenvalue weighted by molar-refractivity contribution is 7.89. The molecule has 0 unspecified atom stereocenters. The molecule has 0 aromatic heterocycles. The summed E-state index contributed by atoms with van der Waals surface area (Å²) >= 11 is 5.72. The van der Waals surface area contributed by atoms with Crippen molar-refractivity contribution in [2.24, 2.45) is 0 Å². The van der Waals surface area contributed by atoms with Crippen molar-refractivity contribution in [3.8, 4) is 0 Å². The van der Waals surface area contributed by atoms with Gasteiger partial charge in [0.05, 0.1) is 9.82 Å². The third-order valence-corrected chi connectivity index (χ3v) is 5.85. The van der Waals surface area contributed by atoms with Gasteiger partial charge in [0.2, 0.25) is 10.0 Å². The summed E-state index contributed by atoms with van der Waals surface area (Å²) in [6.45, 7) is 4.98. The minimum Gasteiger partial charge on any atom is -0.314 e. The van der Waals surface area contributed by atoms with Gasteiger partial charge in [0.25, 0.3) is 5.69 Å². The van der Waals surface area contributed by atoms with E-state index in [1.54, 1.807) is 13.8 Å². The van der Waals surface area contributed by atoms with Crippen LogP contribution in [0.4, 0.5) is 5.69 Å². The van der Waals surface area contributed by atoms with Crippen LogP contribution in [0.1, 0.15) is 13.8 Å². The summed E-state index contributed by atoms with van der Waals surface area (Å²) in [7, 11) is -3.81. The fourth-order valence-corrected chi connectivity index (χ4v) is 4.32. The molecule has 1 saturated heterocycles. The Bertz CT molecular complexity index is 675. The van der Waals surface area contributed by atoms with E-state index in [1.165, 1.54) is 16.4 Å². The van der Waals surface area contributed by atoms with Gasteiger partial charge in [-0.3, -0.25) is 10.1 Å². The monoisotopic (exact) mass is 333 g/mol. The van der Waals surface area contributed by atoms with Crippen molar-refractivity contribution in [3.05, 3.63) is 33.3 Å².